The first-order valence-electron chi connectivity index (χ1n) is 2.28. The highest BCUT2D eigenvalue weighted by atomic mass is 32.2. The molecule has 0 aromatic heterocycles. The molecule has 0 aromatic rings. The van der Waals surface area contributed by atoms with Crippen LogP contribution < -0.4 is 5.32 Å². The zero-order chi connectivity index (χ0) is 6.24. The predicted molar refractivity (Wildman–Crippen MR) is 40.2 cm³/mol. The molecular weight excluding hydrogens is 120 g/mol. The molecule has 0 aromatic carbocycles. The van der Waals surface area contributed by atoms with Gasteiger partial charge in [0, 0.05) is 13.2 Å². The van der Waals surface area contributed by atoms with Crippen LogP contribution in [-0.2, 0) is 0 Å². The Bertz CT molecular complexity index is 76.4. The Balaban J connectivity index is 3.13. The molecule has 3 heteroatoms. The molecule has 0 unspecified atom stereocenters. The standard InChI is InChI=1S/C5H10N2S/c1-6-5-7-3-4-8-2/h3-5H,1-2H3,(H,6,7)/b4-3-. The molecule has 0 rings (SSSR count). The third kappa shape index (κ3) is 5.56. The van der Waals surface area contributed by atoms with E-state index in [0.717, 1.165) is 0 Å². The topological polar surface area (TPSA) is 24.4 Å². The lowest BCUT2D eigenvalue weighted by atomic mass is 11.0. The Morgan fingerprint density at radius 3 is 2.88 bits per heavy atom. The molecule has 8 heavy (non-hydrogen) atoms. The van der Waals surface area contributed by atoms with Gasteiger partial charge in [-0.25, -0.2) is 4.99 Å². The Labute approximate surface area is 54.1 Å². The van der Waals surface area contributed by atoms with Gasteiger partial charge in [0.1, 0.15) is 0 Å². The SMILES string of the molecule is CN/C=N/C=C\SC. The number of nitrogens with zero attached hydrogens (tertiary/aromatic N) is 1. The highest BCUT2D eigenvalue weighted by molar-refractivity contribution is 8.01. The van der Waals surface area contributed by atoms with Crippen molar-refractivity contribution in [2.24, 2.45) is 4.99 Å². The van der Waals surface area contributed by atoms with Gasteiger partial charge in [0.15, 0.2) is 0 Å². The molecule has 0 spiro atoms. The van der Waals surface area contributed by atoms with Crippen LogP contribution in [0.15, 0.2) is 16.6 Å². The van der Waals surface area contributed by atoms with Crippen molar-refractivity contribution in [3.63, 3.8) is 0 Å². The molecule has 0 aliphatic carbocycles. The van der Waals surface area contributed by atoms with Crippen LogP contribution in [0, 0.1) is 0 Å². The molecule has 0 bridgehead atoms. The summed E-state index contributed by atoms with van der Waals surface area (Å²) in [5.41, 5.74) is 0. The molecule has 0 atom stereocenters. The van der Waals surface area contributed by atoms with E-state index in [4.69, 9.17) is 0 Å². The van der Waals surface area contributed by atoms with E-state index in [2.05, 4.69) is 10.3 Å². The number of nitrogens with one attached hydrogen (secondary N) is 1. The van der Waals surface area contributed by atoms with Crippen LogP contribution in [0.4, 0.5) is 0 Å². The molecule has 1 N–H and O–H groups in total. The molecule has 0 heterocycles. The highest BCUT2D eigenvalue weighted by Crippen LogP contribution is 1.91. The van der Waals surface area contributed by atoms with E-state index in [1.54, 1.807) is 24.3 Å². The molecule has 0 aliphatic heterocycles. The van der Waals surface area contributed by atoms with Gasteiger partial charge in [-0.1, -0.05) is 0 Å². The monoisotopic (exact) mass is 130 g/mol. The van der Waals surface area contributed by atoms with Gasteiger partial charge < -0.3 is 5.32 Å². The maximum absolute atomic E-state index is 3.84. The molecule has 46 valence electrons. The zero-order valence-electron chi connectivity index (χ0n) is 5.09. The summed E-state index contributed by atoms with van der Waals surface area (Å²) < 4.78 is 0. The lowest BCUT2D eigenvalue weighted by molar-refractivity contribution is 1.21. The third-order valence-corrected chi connectivity index (χ3v) is 0.881. The van der Waals surface area contributed by atoms with Crippen molar-refractivity contribution in [3.05, 3.63) is 11.6 Å². The lowest BCUT2D eigenvalue weighted by Gasteiger charge is -1.78. The summed E-state index contributed by atoms with van der Waals surface area (Å²) in [6.07, 6.45) is 5.36. The summed E-state index contributed by atoms with van der Waals surface area (Å²) in [6.45, 7) is 0. The first-order valence-corrected chi connectivity index (χ1v) is 3.57. The van der Waals surface area contributed by atoms with E-state index < -0.39 is 0 Å². The molecule has 0 saturated heterocycles. The fraction of sp³-hybridized carbons (Fsp3) is 0.400. The van der Waals surface area contributed by atoms with Crippen LogP contribution in [0.5, 0.6) is 0 Å². The van der Waals surface area contributed by atoms with E-state index in [0.29, 0.717) is 0 Å². The number of hydrogen-bond acceptors (Lipinski definition) is 2. The van der Waals surface area contributed by atoms with Gasteiger partial charge in [-0.2, -0.15) is 0 Å². The van der Waals surface area contributed by atoms with Gasteiger partial charge in [-0.3, -0.25) is 0 Å². The van der Waals surface area contributed by atoms with Crippen molar-refractivity contribution in [2.45, 2.75) is 0 Å². The Morgan fingerprint density at radius 2 is 2.38 bits per heavy atom. The van der Waals surface area contributed by atoms with Crippen LogP contribution in [0.25, 0.3) is 0 Å². The maximum atomic E-state index is 3.84. The van der Waals surface area contributed by atoms with Crippen molar-refractivity contribution in [2.75, 3.05) is 13.3 Å². The fourth-order valence-electron chi connectivity index (χ4n) is 0.214. The van der Waals surface area contributed by atoms with Crippen LogP contribution >= 0.6 is 11.8 Å². The number of thioether (sulfide) groups is 1. The maximum Gasteiger partial charge on any atom is 0.0876 e. The molecule has 2 nitrogen and oxygen atoms in total. The minimum atomic E-state index is 1.63. The highest BCUT2D eigenvalue weighted by Gasteiger charge is 1.60. The van der Waals surface area contributed by atoms with Crippen molar-refractivity contribution < 1.29 is 0 Å². The van der Waals surface area contributed by atoms with E-state index >= 15 is 0 Å². The van der Waals surface area contributed by atoms with E-state index in [1.165, 1.54) is 0 Å². The number of hydrogen-bond donors (Lipinski definition) is 1. The van der Waals surface area contributed by atoms with Gasteiger partial charge in [-0.05, 0) is 11.7 Å². The molecule has 0 aliphatic rings. The van der Waals surface area contributed by atoms with E-state index in [-0.39, 0.29) is 0 Å². The normalized spacial score (nSPS) is 11.2. The average Bonchev–Trinajstić information content (AvgIpc) is 1.81. The van der Waals surface area contributed by atoms with Crippen molar-refractivity contribution in [3.8, 4) is 0 Å². The van der Waals surface area contributed by atoms with Gasteiger partial charge in [0.2, 0.25) is 0 Å². The summed E-state index contributed by atoms with van der Waals surface area (Å²) in [6, 6.07) is 0. The quantitative estimate of drug-likeness (QED) is 0.456. The zero-order valence-corrected chi connectivity index (χ0v) is 5.90. The lowest BCUT2D eigenvalue weighted by Crippen LogP contribution is -1.98. The number of aliphatic imine (C=N–C) groups is 1. The second-order valence-corrected chi connectivity index (χ2v) is 1.83. The number of rotatable bonds is 3. The third-order valence-electron chi connectivity index (χ3n) is 0.487. The van der Waals surface area contributed by atoms with E-state index in [9.17, 15) is 0 Å². The van der Waals surface area contributed by atoms with Crippen LogP contribution in [-0.4, -0.2) is 19.6 Å². The van der Waals surface area contributed by atoms with Crippen LogP contribution in [0.3, 0.4) is 0 Å². The molecule has 0 radical (unpaired) electrons. The molecular formula is C5H10N2S. The summed E-state index contributed by atoms with van der Waals surface area (Å²) in [7, 11) is 1.82. The minimum absolute atomic E-state index is 1.63. The first kappa shape index (κ1) is 7.56. The summed E-state index contributed by atoms with van der Waals surface area (Å²) in [5, 5.41) is 4.68. The second kappa shape index (κ2) is 6.56. The first-order chi connectivity index (χ1) is 3.91. The fourth-order valence-corrected chi connectivity index (χ4v) is 0.406. The van der Waals surface area contributed by atoms with Crippen molar-refractivity contribution in [1.82, 2.24) is 5.32 Å². The Hall–Kier alpha value is -0.440. The largest absolute Gasteiger partial charge is 0.379 e. The van der Waals surface area contributed by atoms with Gasteiger partial charge in [-0.15, -0.1) is 11.8 Å². The van der Waals surface area contributed by atoms with E-state index in [1.807, 2.05) is 18.7 Å². The Morgan fingerprint density at radius 1 is 1.62 bits per heavy atom. The molecule has 0 amide bonds. The second-order valence-electron chi connectivity index (χ2n) is 1.09. The summed E-state index contributed by atoms with van der Waals surface area (Å²) >= 11 is 1.63. The van der Waals surface area contributed by atoms with Crippen molar-refractivity contribution >= 4 is 18.1 Å². The van der Waals surface area contributed by atoms with Gasteiger partial charge >= 0.3 is 0 Å². The summed E-state index contributed by atoms with van der Waals surface area (Å²) in [5.74, 6) is 0. The Kier molecular flexibility index (Phi) is 6.20. The molecule has 0 saturated carbocycles. The summed E-state index contributed by atoms with van der Waals surface area (Å²) in [4.78, 5) is 3.84. The van der Waals surface area contributed by atoms with Crippen LogP contribution in [0.2, 0.25) is 0 Å². The molecule has 0 fully saturated rings. The smallest absolute Gasteiger partial charge is 0.0876 e. The van der Waals surface area contributed by atoms with Crippen molar-refractivity contribution in [1.29, 1.82) is 0 Å². The van der Waals surface area contributed by atoms with Gasteiger partial charge in [0.25, 0.3) is 0 Å². The van der Waals surface area contributed by atoms with Gasteiger partial charge in [0.05, 0.1) is 6.34 Å². The average molecular weight is 130 g/mol. The minimum Gasteiger partial charge on any atom is -0.379 e. The predicted octanol–water partition coefficient (Wildman–Crippen LogP) is 1.07. The van der Waals surface area contributed by atoms with Crippen LogP contribution in [0.1, 0.15) is 0 Å².